The number of aromatic nitrogens is 1. The maximum atomic E-state index is 10.7. The zero-order valence-corrected chi connectivity index (χ0v) is 7.21. The van der Waals surface area contributed by atoms with E-state index in [0.29, 0.717) is 5.69 Å². The molecule has 0 saturated carbocycles. The van der Waals surface area contributed by atoms with Crippen molar-refractivity contribution in [2.75, 3.05) is 0 Å². The van der Waals surface area contributed by atoms with Crippen LogP contribution < -0.4 is 0 Å². The summed E-state index contributed by atoms with van der Waals surface area (Å²) in [6.45, 7) is 3.00. The average molecular weight is 207 g/mol. The van der Waals surface area contributed by atoms with Crippen LogP contribution in [0.1, 0.15) is 32.1 Å². The van der Waals surface area contributed by atoms with Crippen molar-refractivity contribution in [3.63, 3.8) is 0 Å². The second-order valence-corrected chi connectivity index (χ2v) is 2.74. The van der Waals surface area contributed by atoms with Gasteiger partial charge in [0, 0.05) is 5.69 Å². The minimum absolute atomic E-state index is 0. The van der Waals surface area contributed by atoms with Gasteiger partial charge >= 0.3 is 41.5 Å². The number of nitrogens with one attached hydrogen (secondary N) is 1. The van der Waals surface area contributed by atoms with Gasteiger partial charge in [-0.25, -0.2) is 9.59 Å². The fraction of sp³-hybridized carbons (Fsp3) is 0.250. The van der Waals surface area contributed by atoms with Crippen LogP contribution in [0.25, 0.3) is 0 Å². The number of aromatic carboxylic acids is 2. The number of carbonyl (C=O) groups is 2. The van der Waals surface area contributed by atoms with Gasteiger partial charge in [-0.2, -0.15) is 0 Å². The molecule has 0 bridgehead atoms. The predicted octanol–water partition coefficient (Wildman–Crippen LogP) is 0.379. The Morgan fingerprint density at radius 2 is 1.64 bits per heavy atom. The Morgan fingerprint density at radius 1 is 1.14 bits per heavy atom. The SMILES string of the molecule is Cc1[nH]c(C(=O)O)c(C)c1C(=O)O.[NaH]. The molecule has 1 rings (SSSR count). The van der Waals surface area contributed by atoms with Gasteiger partial charge in [0.25, 0.3) is 0 Å². The molecule has 3 N–H and O–H groups in total. The molecule has 0 aliphatic carbocycles. The molecule has 0 unspecified atom stereocenters. The number of carboxylic acid groups (broad SMARTS) is 2. The zero-order chi connectivity index (χ0) is 10.2. The molecule has 5 nitrogen and oxygen atoms in total. The molecular weight excluding hydrogens is 197 g/mol. The molecule has 0 aromatic carbocycles. The molecule has 72 valence electrons. The van der Waals surface area contributed by atoms with E-state index in [9.17, 15) is 9.59 Å². The molecule has 0 fully saturated rings. The van der Waals surface area contributed by atoms with E-state index < -0.39 is 11.9 Å². The van der Waals surface area contributed by atoms with Gasteiger partial charge in [-0.1, -0.05) is 0 Å². The number of aryl methyl sites for hydroxylation is 1. The Bertz CT molecular complexity index is 383. The topological polar surface area (TPSA) is 90.4 Å². The van der Waals surface area contributed by atoms with Crippen molar-refractivity contribution in [2.45, 2.75) is 13.8 Å². The van der Waals surface area contributed by atoms with Crippen LogP contribution in [0.5, 0.6) is 0 Å². The Labute approximate surface area is 102 Å². The zero-order valence-electron chi connectivity index (χ0n) is 7.21. The molecule has 0 atom stereocenters. The van der Waals surface area contributed by atoms with E-state index in [1.54, 1.807) is 0 Å². The van der Waals surface area contributed by atoms with Crippen LogP contribution in [0, 0.1) is 13.8 Å². The van der Waals surface area contributed by atoms with E-state index in [1.165, 1.54) is 13.8 Å². The van der Waals surface area contributed by atoms with Gasteiger partial charge in [-0.15, -0.1) is 0 Å². The molecule has 1 aromatic rings. The Morgan fingerprint density at radius 3 is 1.86 bits per heavy atom. The number of hydrogen-bond acceptors (Lipinski definition) is 2. The van der Waals surface area contributed by atoms with Crippen molar-refractivity contribution < 1.29 is 19.8 Å². The van der Waals surface area contributed by atoms with Crippen molar-refractivity contribution in [3.8, 4) is 0 Å². The van der Waals surface area contributed by atoms with Crippen molar-refractivity contribution in [3.05, 3.63) is 22.5 Å². The van der Waals surface area contributed by atoms with Crippen LogP contribution in [0.2, 0.25) is 0 Å². The van der Waals surface area contributed by atoms with Gasteiger partial charge < -0.3 is 15.2 Å². The molecule has 0 spiro atoms. The van der Waals surface area contributed by atoms with Crippen LogP contribution in [-0.4, -0.2) is 56.7 Å². The summed E-state index contributed by atoms with van der Waals surface area (Å²) in [6, 6.07) is 0. The maximum absolute atomic E-state index is 10.7. The van der Waals surface area contributed by atoms with E-state index in [4.69, 9.17) is 10.2 Å². The Hall–Kier alpha value is -0.780. The fourth-order valence-electron chi connectivity index (χ4n) is 1.28. The van der Waals surface area contributed by atoms with E-state index in [0.717, 1.165) is 0 Å². The fourth-order valence-corrected chi connectivity index (χ4v) is 1.28. The quantitative estimate of drug-likeness (QED) is 0.611. The Kier molecular flexibility index (Phi) is 4.38. The first-order valence-electron chi connectivity index (χ1n) is 3.61. The van der Waals surface area contributed by atoms with Crippen LogP contribution in [0.4, 0.5) is 0 Å². The van der Waals surface area contributed by atoms with Gasteiger partial charge in [-0.3, -0.25) is 0 Å². The number of carboxylic acids is 2. The van der Waals surface area contributed by atoms with Gasteiger partial charge in [0.2, 0.25) is 0 Å². The van der Waals surface area contributed by atoms with Crippen LogP contribution in [-0.2, 0) is 0 Å². The minimum atomic E-state index is -1.15. The molecule has 14 heavy (non-hydrogen) atoms. The van der Waals surface area contributed by atoms with Crippen molar-refractivity contribution in [1.29, 1.82) is 0 Å². The van der Waals surface area contributed by atoms with Gasteiger partial charge in [0.05, 0.1) is 5.56 Å². The standard InChI is InChI=1S/C8H9NO4.Na.H/c1-3-5(7(10)11)4(2)9-6(3)8(12)13;;/h9H,1-2H3,(H,10,11)(H,12,13);;. The van der Waals surface area contributed by atoms with Gasteiger partial charge in [-0.05, 0) is 19.4 Å². The number of hydrogen-bond donors (Lipinski definition) is 3. The van der Waals surface area contributed by atoms with Gasteiger partial charge in [0.15, 0.2) is 0 Å². The van der Waals surface area contributed by atoms with Crippen LogP contribution >= 0.6 is 0 Å². The first-order valence-corrected chi connectivity index (χ1v) is 3.61. The van der Waals surface area contributed by atoms with Crippen molar-refractivity contribution in [2.24, 2.45) is 0 Å². The molecule has 1 aromatic heterocycles. The number of H-pyrrole nitrogens is 1. The normalized spacial score (nSPS) is 9.29. The molecular formula is C8H10NNaO4. The van der Waals surface area contributed by atoms with Crippen molar-refractivity contribution >= 4 is 41.5 Å². The molecule has 0 aliphatic rings. The summed E-state index contributed by atoms with van der Waals surface area (Å²) in [5.74, 6) is -2.26. The second kappa shape index (κ2) is 4.63. The summed E-state index contributed by atoms with van der Waals surface area (Å²) < 4.78 is 0. The Balaban J connectivity index is 0.00000169. The molecule has 0 amide bonds. The van der Waals surface area contributed by atoms with E-state index >= 15 is 0 Å². The second-order valence-electron chi connectivity index (χ2n) is 2.74. The summed E-state index contributed by atoms with van der Waals surface area (Å²) in [7, 11) is 0. The van der Waals surface area contributed by atoms with E-state index in [1.807, 2.05) is 0 Å². The summed E-state index contributed by atoms with van der Waals surface area (Å²) in [5, 5.41) is 17.4. The van der Waals surface area contributed by atoms with Crippen LogP contribution in [0.15, 0.2) is 0 Å². The van der Waals surface area contributed by atoms with E-state index in [2.05, 4.69) is 4.98 Å². The summed E-state index contributed by atoms with van der Waals surface area (Å²) in [5.41, 5.74) is 0.604. The van der Waals surface area contributed by atoms with Crippen molar-refractivity contribution in [1.82, 2.24) is 4.98 Å². The molecule has 0 saturated heterocycles. The summed E-state index contributed by atoms with van der Waals surface area (Å²) in [6.07, 6.45) is 0. The third-order valence-electron chi connectivity index (χ3n) is 1.87. The number of aromatic amines is 1. The molecule has 0 radical (unpaired) electrons. The summed E-state index contributed by atoms with van der Waals surface area (Å²) in [4.78, 5) is 23.8. The third kappa shape index (κ3) is 2.17. The average Bonchev–Trinajstić information content (AvgIpc) is 2.26. The molecule has 6 heteroatoms. The first kappa shape index (κ1) is 13.2. The van der Waals surface area contributed by atoms with Crippen LogP contribution in [0.3, 0.4) is 0 Å². The van der Waals surface area contributed by atoms with Gasteiger partial charge in [0.1, 0.15) is 5.69 Å². The third-order valence-corrected chi connectivity index (χ3v) is 1.87. The number of rotatable bonds is 2. The van der Waals surface area contributed by atoms with E-state index in [-0.39, 0.29) is 46.4 Å². The monoisotopic (exact) mass is 207 g/mol. The molecule has 0 aliphatic heterocycles. The summed E-state index contributed by atoms with van der Waals surface area (Å²) >= 11 is 0. The first-order chi connectivity index (χ1) is 5.95. The molecule has 1 heterocycles. The predicted molar refractivity (Wildman–Crippen MR) is 51.3 cm³/mol.